The molecular weight excluding hydrogens is 312 g/mol. The van der Waals surface area contributed by atoms with Gasteiger partial charge in [-0.25, -0.2) is 0 Å². The Morgan fingerprint density at radius 3 is 2.39 bits per heavy atom. The fourth-order valence-corrected chi connectivity index (χ4v) is 2.94. The summed E-state index contributed by atoms with van der Waals surface area (Å²) < 4.78 is 0. The molecule has 0 aromatic heterocycles. The highest BCUT2D eigenvalue weighted by atomic mass is 35.5. The summed E-state index contributed by atoms with van der Waals surface area (Å²) in [5, 5.41) is 3.75. The van der Waals surface area contributed by atoms with E-state index >= 15 is 0 Å². The molecule has 1 saturated heterocycles. The molecular formula is C18H25ClN2O2. The Labute approximate surface area is 143 Å². The Balaban J connectivity index is 1.74. The lowest BCUT2D eigenvalue weighted by Gasteiger charge is -2.33. The van der Waals surface area contributed by atoms with Crippen LogP contribution in [0.4, 0.5) is 0 Å². The number of hydrogen-bond acceptors (Lipinski definition) is 2. The number of rotatable bonds is 5. The number of piperidine rings is 1. The highest BCUT2D eigenvalue weighted by molar-refractivity contribution is 6.30. The first-order valence-electron chi connectivity index (χ1n) is 8.25. The van der Waals surface area contributed by atoms with Crippen LogP contribution in [0.15, 0.2) is 24.3 Å². The van der Waals surface area contributed by atoms with E-state index in [2.05, 4.69) is 19.2 Å². The van der Waals surface area contributed by atoms with Crippen molar-refractivity contribution in [2.45, 2.75) is 45.6 Å². The van der Waals surface area contributed by atoms with Crippen molar-refractivity contribution in [1.82, 2.24) is 10.2 Å². The molecule has 1 heterocycles. The molecule has 1 aliphatic rings. The van der Waals surface area contributed by atoms with Crippen LogP contribution in [0.2, 0.25) is 5.02 Å². The molecule has 126 valence electrons. The SMILES string of the molecule is CC(C)CC(=O)N1CCC(NC(=O)Cc2ccc(Cl)cc2)CC1. The average Bonchev–Trinajstić information content (AvgIpc) is 2.49. The van der Waals surface area contributed by atoms with Gasteiger partial charge in [0.25, 0.3) is 0 Å². The van der Waals surface area contributed by atoms with Gasteiger partial charge in [-0.1, -0.05) is 37.6 Å². The minimum atomic E-state index is 0.0271. The minimum absolute atomic E-state index is 0.0271. The van der Waals surface area contributed by atoms with Gasteiger partial charge in [0, 0.05) is 30.6 Å². The van der Waals surface area contributed by atoms with E-state index < -0.39 is 0 Å². The normalized spacial score (nSPS) is 15.7. The predicted octanol–water partition coefficient (Wildman–Crippen LogP) is 3.04. The van der Waals surface area contributed by atoms with Gasteiger partial charge >= 0.3 is 0 Å². The summed E-state index contributed by atoms with van der Waals surface area (Å²) in [4.78, 5) is 26.1. The number of benzene rings is 1. The van der Waals surface area contributed by atoms with E-state index in [0.29, 0.717) is 23.8 Å². The van der Waals surface area contributed by atoms with E-state index in [9.17, 15) is 9.59 Å². The third-order valence-corrected chi connectivity index (χ3v) is 4.33. The second-order valence-electron chi connectivity index (χ2n) is 6.62. The summed E-state index contributed by atoms with van der Waals surface area (Å²) in [6, 6.07) is 7.49. The first-order chi connectivity index (χ1) is 10.9. The Morgan fingerprint density at radius 2 is 1.83 bits per heavy atom. The first-order valence-corrected chi connectivity index (χ1v) is 8.63. The second kappa shape index (κ2) is 8.34. The number of carbonyl (C=O) groups excluding carboxylic acids is 2. The molecule has 2 rings (SSSR count). The maximum atomic E-state index is 12.1. The summed E-state index contributed by atoms with van der Waals surface area (Å²) in [6.45, 7) is 5.58. The Hall–Kier alpha value is -1.55. The molecule has 0 atom stereocenters. The minimum Gasteiger partial charge on any atom is -0.353 e. The summed E-state index contributed by atoms with van der Waals surface area (Å²) in [7, 11) is 0. The average molecular weight is 337 g/mol. The predicted molar refractivity (Wildman–Crippen MR) is 92.4 cm³/mol. The molecule has 4 nitrogen and oxygen atoms in total. The number of hydrogen-bond donors (Lipinski definition) is 1. The number of nitrogens with one attached hydrogen (secondary N) is 1. The van der Waals surface area contributed by atoms with Crippen LogP contribution in [0.5, 0.6) is 0 Å². The molecule has 23 heavy (non-hydrogen) atoms. The Morgan fingerprint density at radius 1 is 1.22 bits per heavy atom. The van der Waals surface area contributed by atoms with Gasteiger partial charge in [0.15, 0.2) is 0 Å². The number of amides is 2. The molecule has 1 fully saturated rings. The van der Waals surface area contributed by atoms with Crippen LogP contribution in [-0.4, -0.2) is 35.8 Å². The summed E-state index contributed by atoms with van der Waals surface area (Å²) in [6.07, 6.45) is 2.63. The topological polar surface area (TPSA) is 49.4 Å². The number of nitrogens with zero attached hydrogens (tertiary/aromatic N) is 1. The van der Waals surface area contributed by atoms with Crippen molar-refractivity contribution in [1.29, 1.82) is 0 Å². The van der Waals surface area contributed by atoms with E-state index in [-0.39, 0.29) is 17.9 Å². The molecule has 1 aliphatic heterocycles. The summed E-state index contributed by atoms with van der Waals surface area (Å²) in [5.74, 6) is 0.643. The summed E-state index contributed by atoms with van der Waals surface area (Å²) in [5.41, 5.74) is 0.955. The largest absolute Gasteiger partial charge is 0.353 e. The van der Waals surface area contributed by atoms with Crippen molar-refractivity contribution < 1.29 is 9.59 Å². The Kier molecular flexibility index (Phi) is 6.46. The second-order valence-corrected chi connectivity index (χ2v) is 7.06. The van der Waals surface area contributed by atoms with Crippen LogP contribution in [0.25, 0.3) is 0 Å². The van der Waals surface area contributed by atoms with Crippen molar-refractivity contribution >= 4 is 23.4 Å². The molecule has 1 aromatic rings. The van der Waals surface area contributed by atoms with Crippen LogP contribution in [-0.2, 0) is 16.0 Å². The van der Waals surface area contributed by atoms with Crippen LogP contribution < -0.4 is 5.32 Å². The molecule has 0 saturated carbocycles. The van der Waals surface area contributed by atoms with Crippen LogP contribution in [0.1, 0.15) is 38.7 Å². The molecule has 1 aromatic carbocycles. The smallest absolute Gasteiger partial charge is 0.224 e. The fraction of sp³-hybridized carbons (Fsp3) is 0.556. The molecule has 0 aliphatic carbocycles. The van der Waals surface area contributed by atoms with Gasteiger partial charge < -0.3 is 10.2 Å². The van der Waals surface area contributed by atoms with Gasteiger partial charge in [0.2, 0.25) is 11.8 Å². The molecule has 0 spiro atoms. The third-order valence-electron chi connectivity index (χ3n) is 4.07. The van der Waals surface area contributed by atoms with E-state index in [1.165, 1.54) is 0 Å². The first kappa shape index (κ1) is 17.8. The lowest BCUT2D eigenvalue weighted by atomic mass is 10.0. The standard InChI is InChI=1S/C18H25ClN2O2/c1-13(2)11-18(23)21-9-7-16(8-10-21)20-17(22)12-14-3-5-15(19)6-4-14/h3-6,13,16H,7-12H2,1-2H3,(H,20,22). The van der Waals surface area contributed by atoms with Gasteiger partial charge in [-0.2, -0.15) is 0 Å². The van der Waals surface area contributed by atoms with Crippen molar-refractivity contribution in [2.24, 2.45) is 5.92 Å². The molecule has 5 heteroatoms. The quantitative estimate of drug-likeness (QED) is 0.898. The molecule has 2 amide bonds. The molecule has 0 unspecified atom stereocenters. The molecule has 0 bridgehead atoms. The highest BCUT2D eigenvalue weighted by Gasteiger charge is 2.24. The van der Waals surface area contributed by atoms with Gasteiger partial charge in [0.1, 0.15) is 0 Å². The zero-order valence-electron chi connectivity index (χ0n) is 13.8. The van der Waals surface area contributed by atoms with Gasteiger partial charge in [-0.05, 0) is 36.5 Å². The highest BCUT2D eigenvalue weighted by Crippen LogP contribution is 2.14. The van der Waals surface area contributed by atoms with Crippen molar-refractivity contribution in [3.05, 3.63) is 34.9 Å². The number of likely N-dealkylation sites (tertiary alicyclic amines) is 1. The maximum absolute atomic E-state index is 12.1. The van der Waals surface area contributed by atoms with Gasteiger partial charge in [-0.15, -0.1) is 0 Å². The summed E-state index contributed by atoms with van der Waals surface area (Å²) >= 11 is 5.84. The monoisotopic (exact) mass is 336 g/mol. The van der Waals surface area contributed by atoms with E-state index in [0.717, 1.165) is 31.5 Å². The fourth-order valence-electron chi connectivity index (χ4n) is 2.82. The van der Waals surface area contributed by atoms with Crippen LogP contribution in [0, 0.1) is 5.92 Å². The number of carbonyl (C=O) groups is 2. The van der Waals surface area contributed by atoms with E-state index in [4.69, 9.17) is 11.6 Å². The lowest BCUT2D eigenvalue weighted by Crippen LogP contribution is -2.47. The number of halogens is 1. The Bertz CT molecular complexity index is 534. The lowest BCUT2D eigenvalue weighted by molar-refractivity contribution is -0.133. The molecule has 0 radical (unpaired) electrons. The van der Waals surface area contributed by atoms with Crippen molar-refractivity contribution in [3.63, 3.8) is 0 Å². The van der Waals surface area contributed by atoms with Crippen molar-refractivity contribution in [2.75, 3.05) is 13.1 Å². The van der Waals surface area contributed by atoms with E-state index in [1.807, 2.05) is 17.0 Å². The zero-order valence-corrected chi connectivity index (χ0v) is 14.6. The molecule has 1 N–H and O–H groups in total. The van der Waals surface area contributed by atoms with Gasteiger partial charge in [0.05, 0.1) is 6.42 Å². The van der Waals surface area contributed by atoms with Crippen molar-refractivity contribution in [3.8, 4) is 0 Å². The zero-order chi connectivity index (χ0) is 16.8. The third kappa shape index (κ3) is 5.87. The van der Waals surface area contributed by atoms with Crippen LogP contribution in [0.3, 0.4) is 0 Å². The van der Waals surface area contributed by atoms with Gasteiger partial charge in [-0.3, -0.25) is 9.59 Å². The maximum Gasteiger partial charge on any atom is 0.224 e. The van der Waals surface area contributed by atoms with E-state index in [1.54, 1.807) is 12.1 Å². The van der Waals surface area contributed by atoms with Crippen LogP contribution >= 0.6 is 11.6 Å².